The topological polar surface area (TPSA) is 46.6 Å². The van der Waals surface area contributed by atoms with Gasteiger partial charge in [0.05, 0.1) is 11.5 Å². The SMILES string of the molecule is O=S(=O)(c1ccsc1)N1CCCO1. The molecule has 1 aliphatic heterocycles. The molecular weight excluding hydrogens is 210 g/mol. The molecule has 4 nitrogen and oxygen atoms in total. The first kappa shape index (κ1) is 9.14. The van der Waals surface area contributed by atoms with Crippen molar-refractivity contribution >= 4 is 21.4 Å². The van der Waals surface area contributed by atoms with E-state index in [4.69, 9.17) is 4.84 Å². The second-order valence-electron chi connectivity index (χ2n) is 2.68. The minimum absolute atomic E-state index is 0.319. The summed E-state index contributed by atoms with van der Waals surface area (Å²) in [5.74, 6) is 0. The van der Waals surface area contributed by atoms with Gasteiger partial charge in [0.2, 0.25) is 0 Å². The molecule has 1 aromatic heterocycles. The average molecular weight is 219 g/mol. The second-order valence-corrected chi connectivity index (χ2v) is 5.29. The highest BCUT2D eigenvalue weighted by atomic mass is 32.2. The summed E-state index contributed by atoms with van der Waals surface area (Å²) in [4.78, 5) is 5.31. The molecule has 0 bridgehead atoms. The van der Waals surface area contributed by atoms with E-state index in [-0.39, 0.29) is 0 Å². The molecule has 1 saturated heterocycles. The summed E-state index contributed by atoms with van der Waals surface area (Å²) in [6, 6.07) is 1.59. The van der Waals surface area contributed by atoms with Crippen LogP contribution in [0.1, 0.15) is 6.42 Å². The predicted molar refractivity (Wildman–Crippen MR) is 48.8 cm³/mol. The predicted octanol–water partition coefficient (Wildman–Crippen LogP) is 1.07. The number of hydroxylamine groups is 1. The zero-order chi connectivity index (χ0) is 9.31. The number of rotatable bonds is 2. The summed E-state index contributed by atoms with van der Waals surface area (Å²) in [5.41, 5.74) is 0. The van der Waals surface area contributed by atoms with Crippen molar-refractivity contribution in [2.45, 2.75) is 11.3 Å². The number of nitrogens with zero attached hydrogens (tertiary/aromatic N) is 1. The van der Waals surface area contributed by atoms with Crippen molar-refractivity contribution in [1.82, 2.24) is 4.47 Å². The molecule has 2 heterocycles. The minimum atomic E-state index is -3.37. The Kier molecular flexibility index (Phi) is 2.37. The molecule has 0 N–H and O–H groups in total. The lowest BCUT2D eigenvalue weighted by Gasteiger charge is -2.12. The van der Waals surface area contributed by atoms with Crippen LogP contribution in [0.5, 0.6) is 0 Å². The Bertz CT molecular complexity index is 364. The molecule has 2 rings (SSSR count). The summed E-state index contributed by atoms with van der Waals surface area (Å²) < 4.78 is 24.5. The normalized spacial score (nSPS) is 19.4. The fourth-order valence-electron chi connectivity index (χ4n) is 1.13. The zero-order valence-electron chi connectivity index (χ0n) is 6.84. The van der Waals surface area contributed by atoms with Gasteiger partial charge in [-0.05, 0) is 17.9 Å². The van der Waals surface area contributed by atoms with Crippen LogP contribution in [0.4, 0.5) is 0 Å². The van der Waals surface area contributed by atoms with Gasteiger partial charge in [-0.25, -0.2) is 8.42 Å². The van der Waals surface area contributed by atoms with Gasteiger partial charge in [0.25, 0.3) is 10.0 Å². The lowest BCUT2D eigenvalue weighted by molar-refractivity contribution is -0.0284. The number of hydrogen-bond acceptors (Lipinski definition) is 4. The van der Waals surface area contributed by atoms with Crippen LogP contribution in [-0.4, -0.2) is 26.0 Å². The number of hydrogen-bond donors (Lipinski definition) is 0. The highest BCUT2D eigenvalue weighted by Crippen LogP contribution is 2.21. The van der Waals surface area contributed by atoms with E-state index in [1.165, 1.54) is 11.3 Å². The van der Waals surface area contributed by atoms with Crippen LogP contribution in [-0.2, 0) is 14.9 Å². The Hall–Kier alpha value is -0.430. The molecule has 6 heteroatoms. The van der Waals surface area contributed by atoms with E-state index < -0.39 is 10.0 Å². The van der Waals surface area contributed by atoms with Crippen molar-refractivity contribution in [2.75, 3.05) is 13.2 Å². The second kappa shape index (κ2) is 3.38. The van der Waals surface area contributed by atoms with Gasteiger partial charge in [-0.1, -0.05) is 4.47 Å². The highest BCUT2D eigenvalue weighted by molar-refractivity contribution is 7.89. The molecule has 0 atom stereocenters. The first-order chi connectivity index (χ1) is 6.21. The lowest BCUT2D eigenvalue weighted by atomic mass is 10.5. The molecule has 0 aliphatic carbocycles. The van der Waals surface area contributed by atoms with Gasteiger partial charge in [0.1, 0.15) is 0 Å². The molecule has 72 valence electrons. The van der Waals surface area contributed by atoms with E-state index in [1.807, 2.05) is 0 Å². The molecule has 0 unspecified atom stereocenters. The Morgan fingerprint density at radius 1 is 1.54 bits per heavy atom. The molecule has 0 saturated carbocycles. The molecule has 0 aromatic carbocycles. The first-order valence-corrected chi connectivity index (χ1v) is 6.27. The molecule has 13 heavy (non-hydrogen) atoms. The summed E-state index contributed by atoms with van der Waals surface area (Å²) in [7, 11) is -3.37. The van der Waals surface area contributed by atoms with Gasteiger partial charge >= 0.3 is 0 Å². The number of thiophene rings is 1. The molecule has 1 fully saturated rings. The van der Waals surface area contributed by atoms with E-state index in [1.54, 1.807) is 16.8 Å². The van der Waals surface area contributed by atoms with Crippen molar-refractivity contribution in [3.05, 3.63) is 16.8 Å². The highest BCUT2D eigenvalue weighted by Gasteiger charge is 2.28. The lowest BCUT2D eigenvalue weighted by Crippen LogP contribution is -2.26. The average Bonchev–Trinajstić information content (AvgIpc) is 2.78. The maximum absolute atomic E-state index is 11.7. The monoisotopic (exact) mass is 219 g/mol. The van der Waals surface area contributed by atoms with Crippen molar-refractivity contribution in [3.63, 3.8) is 0 Å². The van der Waals surface area contributed by atoms with Crippen molar-refractivity contribution in [2.24, 2.45) is 0 Å². The van der Waals surface area contributed by atoms with Crippen LogP contribution in [0, 0.1) is 0 Å². The Morgan fingerprint density at radius 2 is 2.38 bits per heavy atom. The standard InChI is InChI=1S/C7H9NO3S2/c9-13(10,7-2-5-12-6-7)8-3-1-4-11-8/h2,5-6H,1,3-4H2. The van der Waals surface area contributed by atoms with Crippen LogP contribution in [0.25, 0.3) is 0 Å². The summed E-state index contributed by atoms with van der Waals surface area (Å²) in [5, 5.41) is 3.35. The van der Waals surface area contributed by atoms with Crippen LogP contribution in [0.15, 0.2) is 21.7 Å². The Labute approximate surface area is 80.7 Å². The van der Waals surface area contributed by atoms with Gasteiger partial charge < -0.3 is 0 Å². The van der Waals surface area contributed by atoms with Crippen LogP contribution < -0.4 is 0 Å². The maximum Gasteiger partial charge on any atom is 0.265 e. The van der Waals surface area contributed by atoms with Crippen molar-refractivity contribution < 1.29 is 13.3 Å². The first-order valence-electron chi connectivity index (χ1n) is 3.89. The maximum atomic E-state index is 11.7. The molecule has 0 radical (unpaired) electrons. The summed E-state index contributed by atoms with van der Waals surface area (Å²) in [6.45, 7) is 0.946. The zero-order valence-corrected chi connectivity index (χ0v) is 8.47. The molecular formula is C7H9NO3S2. The van der Waals surface area contributed by atoms with Gasteiger partial charge in [-0.2, -0.15) is 11.3 Å². The van der Waals surface area contributed by atoms with Crippen LogP contribution in [0.3, 0.4) is 0 Å². The van der Waals surface area contributed by atoms with Crippen molar-refractivity contribution in [1.29, 1.82) is 0 Å². The van der Waals surface area contributed by atoms with E-state index >= 15 is 0 Å². The van der Waals surface area contributed by atoms with Gasteiger partial charge in [-0.15, -0.1) is 0 Å². The van der Waals surface area contributed by atoms with E-state index in [2.05, 4.69) is 0 Å². The molecule has 0 amide bonds. The van der Waals surface area contributed by atoms with E-state index in [0.29, 0.717) is 18.0 Å². The Morgan fingerprint density at radius 3 is 2.92 bits per heavy atom. The fourth-order valence-corrected chi connectivity index (χ4v) is 3.44. The van der Waals surface area contributed by atoms with Gasteiger partial charge in [0, 0.05) is 11.9 Å². The molecule has 0 spiro atoms. The third-order valence-corrected chi connectivity index (χ3v) is 4.29. The summed E-state index contributed by atoms with van der Waals surface area (Å²) in [6.07, 6.45) is 0.767. The van der Waals surface area contributed by atoms with Crippen molar-refractivity contribution in [3.8, 4) is 0 Å². The van der Waals surface area contributed by atoms with E-state index in [9.17, 15) is 8.42 Å². The quantitative estimate of drug-likeness (QED) is 0.747. The minimum Gasteiger partial charge on any atom is -0.284 e. The third-order valence-electron chi connectivity index (χ3n) is 1.78. The third kappa shape index (κ3) is 1.62. The smallest absolute Gasteiger partial charge is 0.265 e. The van der Waals surface area contributed by atoms with Crippen LogP contribution >= 0.6 is 11.3 Å². The summed E-state index contributed by atoms with van der Waals surface area (Å²) >= 11 is 1.36. The van der Waals surface area contributed by atoms with Gasteiger partial charge in [0.15, 0.2) is 0 Å². The Balaban J connectivity index is 2.30. The number of sulfonamides is 1. The van der Waals surface area contributed by atoms with Gasteiger partial charge in [-0.3, -0.25) is 4.84 Å². The molecule has 1 aromatic rings. The largest absolute Gasteiger partial charge is 0.284 e. The fraction of sp³-hybridized carbons (Fsp3) is 0.429. The molecule has 1 aliphatic rings. The van der Waals surface area contributed by atoms with E-state index in [0.717, 1.165) is 10.9 Å². The van der Waals surface area contributed by atoms with Crippen LogP contribution in [0.2, 0.25) is 0 Å².